The highest BCUT2D eigenvalue weighted by Gasteiger charge is 2.06. The van der Waals surface area contributed by atoms with E-state index in [9.17, 15) is 4.79 Å². The Morgan fingerprint density at radius 1 is 1.15 bits per heavy atom. The van der Waals surface area contributed by atoms with Crippen molar-refractivity contribution in [2.75, 3.05) is 17.6 Å². The summed E-state index contributed by atoms with van der Waals surface area (Å²) in [5.74, 6) is 2.33. The number of hydrogen-bond donors (Lipinski definition) is 3. The number of anilines is 1. The average molecular weight is 367 g/mol. The minimum Gasteiger partial charge on any atom is -0.338 e. The molecule has 3 N–H and O–H groups in total. The van der Waals surface area contributed by atoms with Crippen molar-refractivity contribution in [3.8, 4) is 11.4 Å². The zero-order valence-corrected chi connectivity index (χ0v) is 15.3. The second-order valence-corrected chi connectivity index (χ2v) is 6.89. The van der Waals surface area contributed by atoms with Gasteiger partial charge >= 0.3 is 6.03 Å². The number of rotatable bonds is 7. The fraction of sp³-hybridized carbons (Fsp3) is 0.211. The second kappa shape index (κ2) is 9.05. The number of hydrogen-bond acceptors (Lipinski definition) is 4. The van der Waals surface area contributed by atoms with E-state index < -0.39 is 0 Å². The van der Waals surface area contributed by atoms with E-state index >= 15 is 0 Å². The van der Waals surface area contributed by atoms with Crippen LogP contribution in [-0.4, -0.2) is 33.5 Å². The molecule has 0 saturated heterocycles. The Kier molecular flexibility index (Phi) is 6.27. The fourth-order valence-corrected chi connectivity index (χ4v) is 3.24. The van der Waals surface area contributed by atoms with Gasteiger partial charge in [0.25, 0.3) is 0 Å². The highest BCUT2D eigenvalue weighted by atomic mass is 32.2. The molecule has 1 aromatic heterocycles. The number of nitrogens with zero attached hydrogens (tertiary/aromatic N) is 2. The van der Waals surface area contributed by atoms with Crippen molar-refractivity contribution in [1.82, 2.24) is 20.5 Å². The SMILES string of the molecule is Cc1nc(-c2cccc(NC(=O)NCCCSc3ccccc3)c2)n[nH]1. The molecule has 0 saturated carbocycles. The van der Waals surface area contributed by atoms with Crippen LogP contribution in [0.5, 0.6) is 0 Å². The van der Waals surface area contributed by atoms with E-state index in [4.69, 9.17) is 0 Å². The monoisotopic (exact) mass is 367 g/mol. The van der Waals surface area contributed by atoms with E-state index in [1.807, 2.05) is 49.4 Å². The second-order valence-electron chi connectivity index (χ2n) is 5.72. The lowest BCUT2D eigenvalue weighted by Gasteiger charge is -2.08. The van der Waals surface area contributed by atoms with Crippen LogP contribution in [0.3, 0.4) is 0 Å². The van der Waals surface area contributed by atoms with Gasteiger partial charge in [0.1, 0.15) is 5.82 Å². The molecule has 7 heteroatoms. The molecule has 1 heterocycles. The molecule has 3 rings (SSSR count). The number of carbonyl (C=O) groups excluding carboxylic acids is 1. The summed E-state index contributed by atoms with van der Waals surface area (Å²) in [6, 6.07) is 17.5. The van der Waals surface area contributed by atoms with Gasteiger partial charge in [-0.25, -0.2) is 9.78 Å². The highest BCUT2D eigenvalue weighted by Crippen LogP contribution is 2.19. The van der Waals surface area contributed by atoms with E-state index in [0.717, 1.165) is 23.6 Å². The van der Waals surface area contributed by atoms with Gasteiger partial charge in [0.2, 0.25) is 0 Å². The first kappa shape index (κ1) is 18.0. The highest BCUT2D eigenvalue weighted by molar-refractivity contribution is 7.99. The lowest BCUT2D eigenvalue weighted by atomic mass is 10.2. The van der Waals surface area contributed by atoms with Gasteiger partial charge in [-0.2, -0.15) is 5.10 Å². The van der Waals surface area contributed by atoms with Gasteiger partial charge < -0.3 is 10.6 Å². The predicted molar refractivity (Wildman–Crippen MR) is 105 cm³/mol. The van der Waals surface area contributed by atoms with Gasteiger partial charge in [0.05, 0.1) is 0 Å². The fourth-order valence-electron chi connectivity index (χ4n) is 2.36. The van der Waals surface area contributed by atoms with Crippen LogP contribution < -0.4 is 10.6 Å². The molecule has 6 nitrogen and oxygen atoms in total. The lowest BCUT2D eigenvalue weighted by molar-refractivity contribution is 0.252. The molecule has 0 spiro atoms. The van der Waals surface area contributed by atoms with Crippen molar-refractivity contribution in [1.29, 1.82) is 0 Å². The van der Waals surface area contributed by atoms with Crippen LogP contribution in [0.1, 0.15) is 12.2 Å². The summed E-state index contributed by atoms with van der Waals surface area (Å²) < 4.78 is 0. The van der Waals surface area contributed by atoms with Crippen molar-refractivity contribution in [2.24, 2.45) is 0 Å². The zero-order valence-electron chi connectivity index (χ0n) is 14.5. The standard InChI is InChI=1S/C19H21N5OS/c1-14-21-18(24-23-14)15-7-5-8-16(13-15)22-19(25)20-11-6-12-26-17-9-3-2-4-10-17/h2-5,7-10,13H,6,11-12H2,1H3,(H2,20,22,25)(H,21,23,24). The van der Waals surface area contributed by atoms with Gasteiger partial charge in [-0.3, -0.25) is 5.10 Å². The molecule has 0 fully saturated rings. The Morgan fingerprint density at radius 2 is 2.00 bits per heavy atom. The topological polar surface area (TPSA) is 82.7 Å². The Morgan fingerprint density at radius 3 is 2.77 bits per heavy atom. The third-order valence-corrected chi connectivity index (χ3v) is 4.69. The lowest BCUT2D eigenvalue weighted by Crippen LogP contribution is -2.29. The molecule has 0 aliphatic rings. The van der Waals surface area contributed by atoms with Crippen LogP contribution in [0.4, 0.5) is 10.5 Å². The molecule has 26 heavy (non-hydrogen) atoms. The first-order valence-electron chi connectivity index (χ1n) is 8.43. The van der Waals surface area contributed by atoms with Crippen LogP contribution in [0.2, 0.25) is 0 Å². The number of H-pyrrole nitrogens is 1. The van der Waals surface area contributed by atoms with Crippen LogP contribution >= 0.6 is 11.8 Å². The molecule has 134 valence electrons. The maximum absolute atomic E-state index is 12.0. The number of aromatic nitrogens is 3. The molecule has 2 amide bonds. The van der Waals surface area contributed by atoms with Gasteiger partial charge in [-0.1, -0.05) is 30.3 Å². The Hall–Kier alpha value is -2.80. The minimum absolute atomic E-state index is 0.210. The van der Waals surface area contributed by atoms with Crippen molar-refractivity contribution in [2.45, 2.75) is 18.2 Å². The quantitative estimate of drug-likeness (QED) is 0.434. The molecule has 0 aliphatic carbocycles. The van der Waals surface area contributed by atoms with Gasteiger partial charge in [-0.05, 0) is 43.4 Å². The Balaban J connectivity index is 1.42. The number of carbonyl (C=O) groups is 1. The van der Waals surface area contributed by atoms with E-state index in [-0.39, 0.29) is 6.03 Å². The third kappa shape index (κ3) is 5.35. The van der Waals surface area contributed by atoms with Crippen LogP contribution in [0.25, 0.3) is 11.4 Å². The summed E-state index contributed by atoms with van der Waals surface area (Å²) in [7, 11) is 0. The van der Waals surface area contributed by atoms with Crippen LogP contribution in [0.15, 0.2) is 59.5 Å². The molecule has 0 unspecified atom stereocenters. The van der Waals surface area contributed by atoms with Gasteiger partial charge in [0, 0.05) is 22.7 Å². The van der Waals surface area contributed by atoms with Crippen molar-refractivity contribution in [3.63, 3.8) is 0 Å². The number of aromatic amines is 1. The number of nitrogens with one attached hydrogen (secondary N) is 3. The van der Waals surface area contributed by atoms with E-state index in [2.05, 4.69) is 37.9 Å². The molecule has 0 aliphatic heterocycles. The number of urea groups is 1. The van der Waals surface area contributed by atoms with Crippen molar-refractivity contribution >= 4 is 23.5 Å². The summed E-state index contributed by atoms with van der Waals surface area (Å²) in [4.78, 5) is 17.6. The summed E-state index contributed by atoms with van der Waals surface area (Å²) in [5.41, 5.74) is 1.56. The minimum atomic E-state index is -0.210. The number of amides is 2. The van der Waals surface area contributed by atoms with E-state index in [0.29, 0.717) is 18.1 Å². The first-order valence-corrected chi connectivity index (χ1v) is 9.41. The van der Waals surface area contributed by atoms with Crippen molar-refractivity contribution < 1.29 is 4.79 Å². The number of aryl methyl sites for hydroxylation is 1. The largest absolute Gasteiger partial charge is 0.338 e. The zero-order chi connectivity index (χ0) is 18.2. The van der Waals surface area contributed by atoms with Crippen LogP contribution in [0, 0.1) is 6.92 Å². The average Bonchev–Trinajstić information content (AvgIpc) is 3.09. The molecular weight excluding hydrogens is 346 g/mol. The summed E-state index contributed by atoms with van der Waals surface area (Å²) >= 11 is 1.79. The summed E-state index contributed by atoms with van der Waals surface area (Å²) in [5, 5.41) is 12.7. The number of benzene rings is 2. The molecular formula is C19H21N5OS. The maximum atomic E-state index is 12.0. The predicted octanol–water partition coefficient (Wildman–Crippen LogP) is 4.08. The summed E-state index contributed by atoms with van der Waals surface area (Å²) in [6.07, 6.45) is 0.906. The third-order valence-electron chi connectivity index (χ3n) is 3.59. The normalized spacial score (nSPS) is 10.5. The van der Waals surface area contributed by atoms with Crippen LogP contribution in [-0.2, 0) is 0 Å². The van der Waals surface area contributed by atoms with Gasteiger partial charge in [0.15, 0.2) is 5.82 Å². The number of thioether (sulfide) groups is 1. The van der Waals surface area contributed by atoms with Gasteiger partial charge in [-0.15, -0.1) is 11.8 Å². The molecule has 0 radical (unpaired) electrons. The molecule has 2 aromatic carbocycles. The van der Waals surface area contributed by atoms with E-state index in [1.165, 1.54) is 4.90 Å². The Labute approximate surface area is 156 Å². The molecule has 0 bridgehead atoms. The smallest absolute Gasteiger partial charge is 0.319 e. The summed E-state index contributed by atoms with van der Waals surface area (Å²) in [6.45, 7) is 2.48. The first-order chi connectivity index (χ1) is 12.7. The Bertz CT molecular complexity index is 850. The molecule has 0 atom stereocenters. The molecule has 3 aromatic rings. The maximum Gasteiger partial charge on any atom is 0.319 e. The van der Waals surface area contributed by atoms with E-state index in [1.54, 1.807) is 11.8 Å². The van der Waals surface area contributed by atoms with Crippen molar-refractivity contribution in [3.05, 3.63) is 60.4 Å².